The molecule has 0 saturated carbocycles. The van der Waals surface area contributed by atoms with Gasteiger partial charge in [0.25, 0.3) is 0 Å². The molecule has 5 nitrogen and oxygen atoms in total. The van der Waals surface area contributed by atoms with E-state index in [0.717, 1.165) is 17.0 Å². The van der Waals surface area contributed by atoms with Gasteiger partial charge in [0.05, 0.1) is 18.1 Å². The molecule has 0 unspecified atom stereocenters. The van der Waals surface area contributed by atoms with Crippen molar-refractivity contribution in [2.24, 2.45) is 0 Å². The van der Waals surface area contributed by atoms with Crippen molar-refractivity contribution in [2.75, 3.05) is 7.11 Å². The van der Waals surface area contributed by atoms with E-state index in [1.165, 1.54) is 11.8 Å². The monoisotopic (exact) mass is 348 g/mol. The van der Waals surface area contributed by atoms with E-state index in [4.69, 9.17) is 9.15 Å². The van der Waals surface area contributed by atoms with E-state index < -0.39 is 0 Å². The van der Waals surface area contributed by atoms with Crippen LogP contribution in [0.4, 0.5) is 0 Å². The third-order valence-electron chi connectivity index (χ3n) is 3.24. The minimum atomic E-state index is -0.221. The van der Waals surface area contributed by atoms with Crippen LogP contribution in [0.25, 0.3) is 11.5 Å². The van der Waals surface area contributed by atoms with E-state index in [9.17, 15) is 4.79 Å². The van der Waals surface area contributed by atoms with Gasteiger partial charge in [0, 0.05) is 16.9 Å². The maximum Gasteiger partial charge on any atom is 0.233 e. The quantitative estimate of drug-likeness (QED) is 0.858. The van der Waals surface area contributed by atoms with Gasteiger partial charge in [0.2, 0.25) is 11.8 Å². The predicted octanol–water partition coefficient (Wildman–Crippen LogP) is 3.89. The summed E-state index contributed by atoms with van der Waals surface area (Å²) in [5, 5.41) is 2.83. The van der Waals surface area contributed by atoms with Crippen molar-refractivity contribution in [1.82, 2.24) is 10.3 Å². The Morgan fingerprint density at radius 3 is 2.58 bits per heavy atom. The zero-order valence-corrected chi connectivity index (χ0v) is 15.6. The van der Waals surface area contributed by atoms with Crippen LogP contribution in [0.2, 0.25) is 0 Å². The number of carbonyl (C=O) groups excluding carboxylic acids is 1. The third kappa shape index (κ3) is 5.30. The zero-order valence-electron chi connectivity index (χ0n) is 14.8. The highest BCUT2D eigenvalue weighted by atomic mass is 32.2. The summed E-state index contributed by atoms with van der Waals surface area (Å²) in [4.78, 5) is 16.6. The molecule has 2 aromatic rings. The van der Waals surface area contributed by atoms with Crippen LogP contribution >= 0.6 is 11.8 Å². The van der Waals surface area contributed by atoms with Gasteiger partial charge >= 0.3 is 0 Å². The average molecular weight is 348 g/mol. The van der Waals surface area contributed by atoms with Gasteiger partial charge in [-0.25, -0.2) is 4.98 Å². The summed E-state index contributed by atoms with van der Waals surface area (Å²) < 4.78 is 10.7. The maximum absolute atomic E-state index is 12.1. The summed E-state index contributed by atoms with van der Waals surface area (Å²) in [7, 11) is 1.63. The molecule has 0 aliphatic rings. The van der Waals surface area contributed by atoms with E-state index in [2.05, 4.69) is 10.3 Å². The molecule has 0 aliphatic carbocycles. The first-order valence-corrected chi connectivity index (χ1v) is 8.86. The van der Waals surface area contributed by atoms with Gasteiger partial charge in [0.1, 0.15) is 12.0 Å². The number of nitrogens with zero attached hydrogens (tertiary/aromatic N) is 1. The fraction of sp³-hybridized carbons (Fsp3) is 0.444. The zero-order chi connectivity index (χ0) is 17.7. The Labute approximate surface area is 147 Å². The molecular weight excluding hydrogens is 324 g/mol. The minimum Gasteiger partial charge on any atom is -0.497 e. The molecule has 1 N–H and O–H groups in total. The topological polar surface area (TPSA) is 64.4 Å². The van der Waals surface area contributed by atoms with Crippen molar-refractivity contribution in [1.29, 1.82) is 0 Å². The fourth-order valence-corrected chi connectivity index (χ4v) is 2.76. The van der Waals surface area contributed by atoms with Gasteiger partial charge in [-0.05, 0) is 52.0 Å². The highest BCUT2D eigenvalue weighted by molar-refractivity contribution is 7.99. The molecule has 2 rings (SSSR count). The smallest absolute Gasteiger partial charge is 0.233 e. The van der Waals surface area contributed by atoms with Crippen LogP contribution in [0.3, 0.4) is 0 Å². The van der Waals surface area contributed by atoms with Crippen LogP contribution < -0.4 is 10.1 Å². The molecular formula is C18H24N2O3S. The first-order chi connectivity index (χ1) is 11.3. The van der Waals surface area contributed by atoms with Gasteiger partial charge in [-0.2, -0.15) is 0 Å². The third-order valence-corrected chi connectivity index (χ3v) is 4.41. The van der Waals surface area contributed by atoms with Crippen LogP contribution in [-0.2, 0) is 10.5 Å². The number of thioether (sulfide) groups is 1. The Kier molecular flexibility index (Phi) is 5.94. The number of nitrogens with one attached hydrogen (secondary N) is 1. The number of ether oxygens (including phenoxy) is 1. The summed E-state index contributed by atoms with van der Waals surface area (Å²) in [5.41, 5.74) is 1.49. The Balaban J connectivity index is 1.92. The molecule has 1 aromatic heterocycles. The molecule has 1 atom stereocenters. The highest BCUT2D eigenvalue weighted by Crippen LogP contribution is 2.24. The Morgan fingerprint density at radius 1 is 1.33 bits per heavy atom. The lowest BCUT2D eigenvalue weighted by atomic mass is 10.1. The predicted molar refractivity (Wildman–Crippen MR) is 97.1 cm³/mol. The molecule has 1 heterocycles. The summed E-state index contributed by atoms with van der Waals surface area (Å²) in [6.45, 7) is 7.82. The standard InChI is InChI=1S/C18H24N2O3S/c1-12(16(21)20-18(2,3)4)24-11-14-10-23-17(19-14)13-6-8-15(22-5)9-7-13/h6-10,12H,11H2,1-5H3,(H,20,21)/t12-/m1/s1. The Morgan fingerprint density at radius 2 is 2.00 bits per heavy atom. The van der Waals surface area contributed by atoms with E-state index in [0.29, 0.717) is 11.6 Å². The number of carbonyl (C=O) groups is 1. The largest absolute Gasteiger partial charge is 0.497 e. The molecule has 24 heavy (non-hydrogen) atoms. The second-order valence-electron chi connectivity index (χ2n) is 6.56. The van der Waals surface area contributed by atoms with Crippen LogP contribution in [0.5, 0.6) is 5.75 Å². The Hall–Kier alpha value is -1.95. The van der Waals surface area contributed by atoms with Crippen molar-refractivity contribution < 1.29 is 13.9 Å². The molecule has 0 radical (unpaired) electrons. The van der Waals surface area contributed by atoms with Gasteiger partial charge in [-0.15, -0.1) is 11.8 Å². The second kappa shape index (κ2) is 7.75. The lowest BCUT2D eigenvalue weighted by Gasteiger charge is -2.22. The maximum atomic E-state index is 12.1. The van der Waals surface area contributed by atoms with Gasteiger partial charge in [-0.1, -0.05) is 0 Å². The van der Waals surface area contributed by atoms with E-state index in [1.807, 2.05) is 52.0 Å². The highest BCUT2D eigenvalue weighted by Gasteiger charge is 2.20. The van der Waals surface area contributed by atoms with Crippen LogP contribution in [0.15, 0.2) is 34.9 Å². The van der Waals surface area contributed by atoms with Crippen LogP contribution in [0.1, 0.15) is 33.4 Å². The van der Waals surface area contributed by atoms with Gasteiger partial charge < -0.3 is 14.5 Å². The first-order valence-electron chi connectivity index (χ1n) is 7.81. The average Bonchev–Trinajstić information content (AvgIpc) is 3.00. The van der Waals surface area contributed by atoms with Crippen molar-refractivity contribution in [2.45, 2.75) is 44.2 Å². The molecule has 0 fully saturated rings. The number of benzene rings is 1. The Bertz CT molecular complexity index is 674. The molecule has 0 spiro atoms. The SMILES string of the molecule is COc1ccc(-c2nc(CS[C@H](C)C(=O)NC(C)(C)C)co2)cc1. The molecule has 6 heteroatoms. The number of rotatable bonds is 6. The summed E-state index contributed by atoms with van der Waals surface area (Å²) in [5.74, 6) is 2.02. The van der Waals surface area contributed by atoms with Gasteiger partial charge in [-0.3, -0.25) is 4.79 Å². The summed E-state index contributed by atoms with van der Waals surface area (Å²) in [6.07, 6.45) is 1.64. The normalized spacial score (nSPS) is 12.7. The van der Waals surface area contributed by atoms with Crippen molar-refractivity contribution in [3.8, 4) is 17.2 Å². The lowest BCUT2D eigenvalue weighted by molar-refractivity contribution is -0.121. The minimum absolute atomic E-state index is 0.0337. The number of oxazole rings is 1. The molecule has 0 aliphatic heterocycles. The first kappa shape index (κ1) is 18.4. The van der Waals surface area contributed by atoms with E-state index >= 15 is 0 Å². The summed E-state index contributed by atoms with van der Waals surface area (Å²) >= 11 is 1.54. The number of amides is 1. The molecule has 130 valence electrons. The second-order valence-corrected chi connectivity index (χ2v) is 7.89. The van der Waals surface area contributed by atoms with Crippen molar-refractivity contribution >= 4 is 17.7 Å². The summed E-state index contributed by atoms with van der Waals surface area (Å²) in [6, 6.07) is 7.54. The van der Waals surface area contributed by atoms with E-state index in [1.54, 1.807) is 13.4 Å². The molecule has 0 bridgehead atoms. The van der Waals surface area contributed by atoms with Crippen molar-refractivity contribution in [3.05, 3.63) is 36.2 Å². The van der Waals surface area contributed by atoms with Gasteiger partial charge in [0.15, 0.2) is 0 Å². The lowest BCUT2D eigenvalue weighted by Crippen LogP contribution is -2.44. The number of methoxy groups -OCH3 is 1. The van der Waals surface area contributed by atoms with Crippen LogP contribution in [-0.4, -0.2) is 28.8 Å². The fourth-order valence-electron chi connectivity index (χ4n) is 2.00. The van der Waals surface area contributed by atoms with E-state index in [-0.39, 0.29) is 16.7 Å². The number of hydrogen-bond acceptors (Lipinski definition) is 5. The number of hydrogen-bond donors (Lipinski definition) is 1. The van der Waals surface area contributed by atoms with Crippen molar-refractivity contribution in [3.63, 3.8) is 0 Å². The van der Waals surface area contributed by atoms with Crippen LogP contribution in [0, 0.1) is 0 Å². The molecule has 0 saturated heterocycles. The molecule has 1 amide bonds. The number of aromatic nitrogens is 1. The molecule has 1 aromatic carbocycles.